The Morgan fingerprint density at radius 3 is 2.67 bits per heavy atom. The fourth-order valence-electron chi connectivity index (χ4n) is 3.36. The lowest BCUT2D eigenvalue weighted by atomic mass is 10.1. The van der Waals surface area contributed by atoms with Gasteiger partial charge in [-0.05, 0) is 32.0 Å². The molecule has 4 rings (SSSR count). The van der Waals surface area contributed by atoms with Crippen molar-refractivity contribution >= 4 is 32.7 Å². The molecule has 2 heterocycles. The molecule has 0 fully saturated rings. The van der Waals surface area contributed by atoms with Gasteiger partial charge in [-0.2, -0.15) is 0 Å². The lowest BCUT2D eigenvalue weighted by Gasteiger charge is -2.04. The van der Waals surface area contributed by atoms with Crippen LogP contribution in [0.3, 0.4) is 0 Å². The Bertz CT molecular complexity index is 1050. The van der Waals surface area contributed by atoms with E-state index >= 15 is 0 Å². The number of hydrogen-bond donors (Lipinski definition) is 1. The van der Waals surface area contributed by atoms with E-state index < -0.39 is 0 Å². The van der Waals surface area contributed by atoms with Gasteiger partial charge < -0.3 is 9.55 Å². The number of rotatable bonds is 1. The molecule has 3 heteroatoms. The average molecular weight is 276 g/mol. The van der Waals surface area contributed by atoms with Gasteiger partial charge in [-0.25, -0.2) is 0 Å². The van der Waals surface area contributed by atoms with Crippen molar-refractivity contribution in [3.8, 4) is 0 Å². The van der Waals surface area contributed by atoms with Crippen LogP contribution in [0.25, 0.3) is 32.7 Å². The molecule has 0 amide bonds. The first-order valence-corrected chi connectivity index (χ1v) is 7.24. The fraction of sp³-hybridized carbons (Fsp3) is 0.167. The maximum absolute atomic E-state index is 12.5. The van der Waals surface area contributed by atoms with Crippen LogP contribution >= 0.6 is 0 Å². The standard InChI is InChI=1S/C18H16N2O/c1-3-20-14-7-5-4-6-12(14)17-15(20)9-8-13-18(17)16(21)10-11(2)19-13/h4-10H,3H2,1-2H3,(H,19,21). The molecular formula is C18H16N2O. The molecule has 0 unspecified atom stereocenters. The topological polar surface area (TPSA) is 37.8 Å². The minimum Gasteiger partial charge on any atom is -0.358 e. The van der Waals surface area contributed by atoms with Crippen molar-refractivity contribution in [1.29, 1.82) is 0 Å². The first-order valence-electron chi connectivity index (χ1n) is 7.24. The molecule has 0 saturated carbocycles. The monoisotopic (exact) mass is 276 g/mol. The minimum atomic E-state index is 0.0888. The number of H-pyrrole nitrogens is 1. The predicted molar refractivity (Wildman–Crippen MR) is 88.0 cm³/mol. The third-order valence-corrected chi connectivity index (χ3v) is 4.18. The first-order chi connectivity index (χ1) is 10.2. The molecular weight excluding hydrogens is 260 g/mol. The summed E-state index contributed by atoms with van der Waals surface area (Å²) in [5, 5.41) is 3.00. The van der Waals surface area contributed by atoms with Gasteiger partial charge in [0, 0.05) is 40.1 Å². The average Bonchev–Trinajstić information content (AvgIpc) is 2.80. The number of nitrogens with one attached hydrogen (secondary N) is 1. The van der Waals surface area contributed by atoms with Crippen LogP contribution < -0.4 is 5.43 Å². The summed E-state index contributed by atoms with van der Waals surface area (Å²) in [6.07, 6.45) is 0. The van der Waals surface area contributed by atoms with Crippen molar-refractivity contribution in [3.05, 3.63) is 58.4 Å². The molecule has 0 radical (unpaired) electrons. The molecule has 0 spiro atoms. The molecule has 21 heavy (non-hydrogen) atoms. The molecule has 2 aromatic carbocycles. The highest BCUT2D eigenvalue weighted by Crippen LogP contribution is 2.32. The first kappa shape index (κ1) is 12.2. The normalized spacial score (nSPS) is 11.7. The number of benzene rings is 2. The Hall–Kier alpha value is -2.55. The Labute approximate surface area is 121 Å². The summed E-state index contributed by atoms with van der Waals surface area (Å²) in [7, 11) is 0. The maximum atomic E-state index is 12.5. The molecule has 104 valence electrons. The molecule has 4 aromatic rings. The van der Waals surface area contributed by atoms with E-state index in [4.69, 9.17) is 0 Å². The van der Waals surface area contributed by atoms with Crippen LogP contribution in [0.1, 0.15) is 12.6 Å². The highest BCUT2D eigenvalue weighted by Gasteiger charge is 2.14. The highest BCUT2D eigenvalue weighted by atomic mass is 16.1. The molecule has 3 nitrogen and oxygen atoms in total. The van der Waals surface area contributed by atoms with Crippen molar-refractivity contribution in [2.45, 2.75) is 20.4 Å². The lowest BCUT2D eigenvalue weighted by Crippen LogP contribution is -2.03. The smallest absolute Gasteiger partial charge is 0.190 e. The zero-order chi connectivity index (χ0) is 14.6. The molecule has 0 saturated heterocycles. The van der Waals surface area contributed by atoms with Crippen LogP contribution in [0.2, 0.25) is 0 Å². The van der Waals surface area contributed by atoms with Gasteiger partial charge in [-0.3, -0.25) is 4.79 Å². The van der Waals surface area contributed by atoms with Crippen LogP contribution in [0.4, 0.5) is 0 Å². The van der Waals surface area contributed by atoms with Gasteiger partial charge in [0.15, 0.2) is 5.43 Å². The quantitative estimate of drug-likeness (QED) is 0.561. The summed E-state index contributed by atoms with van der Waals surface area (Å²) >= 11 is 0. The Balaban J connectivity index is 2.39. The number of hydrogen-bond acceptors (Lipinski definition) is 1. The summed E-state index contributed by atoms with van der Waals surface area (Å²) < 4.78 is 2.27. The van der Waals surface area contributed by atoms with Crippen molar-refractivity contribution in [2.75, 3.05) is 0 Å². The van der Waals surface area contributed by atoms with E-state index in [0.717, 1.165) is 39.4 Å². The predicted octanol–water partition coefficient (Wildman–Crippen LogP) is 3.96. The van der Waals surface area contributed by atoms with Crippen molar-refractivity contribution < 1.29 is 0 Å². The Morgan fingerprint density at radius 2 is 1.86 bits per heavy atom. The summed E-state index contributed by atoms with van der Waals surface area (Å²) in [6, 6.07) is 14.1. The number of aryl methyl sites for hydroxylation is 2. The SMILES string of the molecule is CCn1c2ccccc2c2c3c(=O)cc(C)[nH]c3ccc21. The number of nitrogens with zero attached hydrogens (tertiary/aromatic N) is 1. The van der Waals surface area contributed by atoms with Crippen molar-refractivity contribution in [1.82, 2.24) is 9.55 Å². The second-order valence-electron chi connectivity index (χ2n) is 5.46. The minimum absolute atomic E-state index is 0.0888. The molecule has 1 N–H and O–H groups in total. The summed E-state index contributed by atoms with van der Waals surface area (Å²) in [4.78, 5) is 15.8. The summed E-state index contributed by atoms with van der Waals surface area (Å²) in [5.74, 6) is 0. The second-order valence-corrected chi connectivity index (χ2v) is 5.46. The zero-order valence-electron chi connectivity index (χ0n) is 12.1. The van der Waals surface area contributed by atoms with Crippen LogP contribution in [-0.2, 0) is 6.54 Å². The Morgan fingerprint density at radius 1 is 1.05 bits per heavy atom. The Kier molecular flexibility index (Phi) is 2.45. The summed E-state index contributed by atoms with van der Waals surface area (Å²) in [6.45, 7) is 4.94. The number of para-hydroxylation sites is 1. The van der Waals surface area contributed by atoms with E-state index in [0.29, 0.717) is 0 Å². The van der Waals surface area contributed by atoms with E-state index in [-0.39, 0.29) is 5.43 Å². The van der Waals surface area contributed by atoms with E-state index in [9.17, 15) is 4.79 Å². The van der Waals surface area contributed by atoms with Gasteiger partial charge in [0.25, 0.3) is 0 Å². The number of aromatic nitrogens is 2. The zero-order valence-corrected chi connectivity index (χ0v) is 12.1. The summed E-state index contributed by atoms with van der Waals surface area (Å²) in [5.41, 5.74) is 4.20. The molecule has 0 aliphatic rings. The van der Waals surface area contributed by atoms with Gasteiger partial charge >= 0.3 is 0 Å². The molecule has 0 atom stereocenters. The van der Waals surface area contributed by atoms with Crippen LogP contribution in [0.5, 0.6) is 0 Å². The van der Waals surface area contributed by atoms with Gasteiger partial charge in [0.05, 0.1) is 10.9 Å². The highest BCUT2D eigenvalue weighted by molar-refractivity contribution is 6.19. The third kappa shape index (κ3) is 1.57. The van der Waals surface area contributed by atoms with E-state index in [1.165, 1.54) is 5.52 Å². The fourth-order valence-corrected chi connectivity index (χ4v) is 3.36. The van der Waals surface area contributed by atoms with Crippen LogP contribution in [0, 0.1) is 6.92 Å². The van der Waals surface area contributed by atoms with Crippen LogP contribution in [0.15, 0.2) is 47.3 Å². The van der Waals surface area contributed by atoms with Crippen LogP contribution in [-0.4, -0.2) is 9.55 Å². The van der Waals surface area contributed by atoms with Gasteiger partial charge in [-0.15, -0.1) is 0 Å². The van der Waals surface area contributed by atoms with E-state index in [1.807, 2.05) is 25.1 Å². The number of aromatic amines is 1. The molecule has 2 aromatic heterocycles. The van der Waals surface area contributed by atoms with E-state index in [2.05, 4.69) is 34.7 Å². The second kappa shape index (κ2) is 4.22. The van der Waals surface area contributed by atoms with Gasteiger partial charge in [0.1, 0.15) is 0 Å². The molecule has 0 aliphatic carbocycles. The largest absolute Gasteiger partial charge is 0.358 e. The number of pyridine rings is 1. The lowest BCUT2D eigenvalue weighted by molar-refractivity contribution is 0.827. The van der Waals surface area contributed by atoms with Crippen molar-refractivity contribution in [2.24, 2.45) is 0 Å². The van der Waals surface area contributed by atoms with E-state index in [1.54, 1.807) is 6.07 Å². The van der Waals surface area contributed by atoms with Crippen molar-refractivity contribution in [3.63, 3.8) is 0 Å². The third-order valence-electron chi connectivity index (χ3n) is 4.18. The molecule has 0 aliphatic heterocycles. The number of fused-ring (bicyclic) bond motifs is 5. The maximum Gasteiger partial charge on any atom is 0.190 e. The molecule has 0 bridgehead atoms. The van der Waals surface area contributed by atoms with Gasteiger partial charge in [-0.1, -0.05) is 18.2 Å². The van der Waals surface area contributed by atoms with Gasteiger partial charge in [0.2, 0.25) is 0 Å².